The summed E-state index contributed by atoms with van der Waals surface area (Å²) >= 11 is 0. The number of hydrogen-bond acceptors (Lipinski definition) is 2. The van der Waals surface area contributed by atoms with Crippen LogP contribution in [0.2, 0.25) is 0 Å². The molecule has 2 amide bonds. The number of hydrogen-bond donors (Lipinski definition) is 1. The van der Waals surface area contributed by atoms with E-state index >= 15 is 0 Å². The molecule has 0 saturated heterocycles. The third-order valence-electron chi connectivity index (χ3n) is 5.07. The van der Waals surface area contributed by atoms with Gasteiger partial charge in [0.25, 0.3) is 0 Å². The molecule has 1 N–H and O–H groups in total. The lowest BCUT2D eigenvalue weighted by Crippen LogP contribution is -2.45. The molecule has 25 heavy (non-hydrogen) atoms. The summed E-state index contributed by atoms with van der Waals surface area (Å²) in [6.45, 7) is 1.42. The number of carbonyl (C=O) groups excluding carboxylic acids is 1. The van der Waals surface area contributed by atoms with Crippen molar-refractivity contribution in [3.63, 3.8) is 0 Å². The van der Waals surface area contributed by atoms with E-state index in [2.05, 4.69) is 27.0 Å². The third kappa shape index (κ3) is 4.84. The summed E-state index contributed by atoms with van der Waals surface area (Å²) in [6, 6.07) is 10.8. The third-order valence-corrected chi connectivity index (χ3v) is 5.07. The Bertz CT molecular complexity index is 661. The molecule has 1 aliphatic carbocycles. The van der Waals surface area contributed by atoms with Crippen molar-refractivity contribution in [2.75, 3.05) is 13.6 Å². The van der Waals surface area contributed by atoms with Gasteiger partial charge in [-0.05, 0) is 18.4 Å². The number of aromatic nitrogens is 2. The van der Waals surface area contributed by atoms with E-state index in [1.807, 2.05) is 42.5 Å². The molecule has 1 aromatic carbocycles. The van der Waals surface area contributed by atoms with Crippen LogP contribution in [0.25, 0.3) is 0 Å². The maximum absolute atomic E-state index is 12.3. The van der Waals surface area contributed by atoms with E-state index in [0.717, 1.165) is 31.6 Å². The maximum Gasteiger partial charge on any atom is 0.317 e. The van der Waals surface area contributed by atoms with Crippen LogP contribution in [-0.4, -0.2) is 40.1 Å². The van der Waals surface area contributed by atoms with Crippen LogP contribution >= 0.6 is 0 Å². The molecule has 1 aromatic heterocycles. The summed E-state index contributed by atoms with van der Waals surface area (Å²) in [4.78, 5) is 18.7. The van der Waals surface area contributed by atoms with E-state index in [9.17, 15) is 4.79 Å². The molecule has 0 atom stereocenters. The first-order valence-corrected chi connectivity index (χ1v) is 9.28. The first kappa shape index (κ1) is 17.5. The van der Waals surface area contributed by atoms with E-state index in [4.69, 9.17) is 0 Å². The number of benzene rings is 1. The number of rotatable bonds is 6. The fourth-order valence-electron chi connectivity index (χ4n) is 3.53. The topological polar surface area (TPSA) is 50.2 Å². The van der Waals surface area contributed by atoms with Crippen LogP contribution in [0.4, 0.5) is 4.79 Å². The molecule has 1 aliphatic rings. The van der Waals surface area contributed by atoms with Crippen molar-refractivity contribution in [3.05, 3.63) is 54.1 Å². The average Bonchev–Trinajstić information content (AvgIpc) is 3.09. The van der Waals surface area contributed by atoms with E-state index in [1.165, 1.54) is 24.8 Å². The van der Waals surface area contributed by atoms with Crippen LogP contribution in [0.1, 0.15) is 43.5 Å². The molecule has 5 nitrogen and oxygen atoms in total. The quantitative estimate of drug-likeness (QED) is 0.876. The molecular formula is C20H28N4O. The zero-order chi connectivity index (χ0) is 17.5. The van der Waals surface area contributed by atoms with E-state index in [0.29, 0.717) is 12.6 Å². The van der Waals surface area contributed by atoms with Crippen LogP contribution in [0, 0.1) is 0 Å². The molecule has 5 heteroatoms. The van der Waals surface area contributed by atoms with Crippen molar-refractivity contribution >= 4 is 6.03 Å². The second kappa shape index (κ2) is 8.70. The lowest BCUT2D eigenvalue weighted by molar-refractivity contribution is 0.174. The normalized spacial score (nSPS) is 15.1. The number of imidazole rings is 1. The minimum atomic E-state index is 0.0352. The van der Waals surface area contributed by atoms with Gasteiger partial charge in [0.15, 0.2) is 0 Å². The first-order chi connectivity index (χ1) is 12.2. The SMILES string of the molecule is CN(C(=O)NCCc1nccn1Cc1ccccc1)C1CCCCC1. The molecule has 0 aliphatic heterocycles. The van der Waals surface area contributed by atoms with E-state index in [-0.39, 0.29) is 6.03 Å². The number of nitrogens with zero attached hydrogens (tertiary/aromatic N) is 3. The van der Waals surface area contributed by atoms with Crippen molar-refractivity contribution in [1.82, 2.24) is 19.8 Å². The Kier molecular flexibility index (Phi) is 6.09. The van der Waals surface area contributed by atoms with Crippen molar-refractivity contribution in [2.24, 2.45) is 0 Å². The molecule has 134 valence electrons. The summed E-state index contributed by atoms with van der Waals surface area (Å²) in [5.41, 5.74) is 1.25. The molecule has 1 saturated carbocycles. The Morgan fingerprint density at radius 2 is 2.00 bits per heavy atom. The zero-order valence-corrected chi connectivity index (χ0v) is 15.0. The Balaban J connectivity index is 1.47. The molecule has 3 rings (SSSR count). The average molecular weight is 340 g/mol. The highest BCUT2D eigenvalue weighted by Gasteiger charge is 2.21. The molecule has 0 unspecified atom stereocenters. The standard InChI is InChI=1S/C20H28N4O/c1-23(18-10-6-3-7-11-18)20(25)22-13-12-19-21-14-15-24(19)16-17-8-4-2-5-9-17/h2,4-5,8-9,14-15,18H,3,6-7,10-13,16H2,1H3,(H,22,25). The summed E-state index contributed by atoms with van der Waals surface area (Å²) in [6.07, 6.45) is 10.6. The highest BCUT2D eigenvalue weighted by Crippen LogP contribution is 2.21. The minimum absolute atomic E-state index is 0.0352. The molecular weight excluding hydrogens is 312 g/mol. The largest absolute Gasteiger partial charge is 0.338 e. The van der Waals surface area contributed by atoms with E-state index in [1.54, 1.807) is 0 Å². The van der Waals surface area contributed by atoms with Gasteiger partial charge in [-0.15, -0.1) is 0 Å². The minimum Gasteiger partial charge on any atom is -0.338 e. The van der Waals surface area contributed by atoms with Gasteiger partial charge in [-0.3, -0.25) is 0 Å². The van der Waals surface area contributed by atoms with Crippen molar-refractivity contribution in [2.45, 2.75) is 51.1 Å². The van der Waals surface area contributed by atoms with Gasteiger partial charge >= 0.3 is 6.03 Å². The molecule has 1 fully saturated rings. The second-order valence-electron chi connectivity index (χ2n) is 6.84. The van der Waals surface area contributed by atoms with Gasteiger partial charge in [-0.2, -0.15) is 0 Å². The number of amides is 2. The molecule has 1 heterocycles. The Hall–Kier alpha value is -2.30. The van der Waals surface area contributed by atoms with Crippen LogP contribution in [0.5, 0.6) is 0 Å². The van der Waals surface area contributed by atoms with Gasteiger partial charge < -0.3 is 14.8 Å². The van der Waals surface area contributed by atoms with Crippen LogP contribution < -0.4 is 5.32 Å². The maximum atomic E-state index is 12.3. The van der Waals surface area contributed by atoms with Gasteiger partial charge in [-0.1, -0.05) is 49.6 Å². The molecule has 2 aromatic rings. The van der Waals surface area contributed by atoms with E-state index < -0.39 is 0 Å². The number of nitrogens with one attached hydrogen (secondary N) is 1. The molecule has 0 radical (unpaired) electrons. The summed E-state index contributed by atoms with van der Waals surface area (Å²) in [5.74, 6) is 1.00. The lowest BCUT2D eigenvalue weighted by Gasteiger charge is -2.31. The van der Waals surface area contributed by atoms with Crippen LogP contribution in [0.15, 0.2) is 42.7 Å². The predicted octanol–water partition coefficient (Wildman–Crippen LogP) is 3.45. The Morgan fingerprint density at radius 3 is 2.76 bits per heavy atom. The first-order valence-electron chi connectivity index (χ1n) is 9.28. The van der Waals surface area contributed by atoms with Crippen LogP contribution in [-0.2, 0) is 13.0 Å². The summed E-state index contributed by atoms with van der Waals surface area (Å²) in [7, 11) is 1.92. The fourth-order valence-corrected chi connectivity index (χ4v) is 3.53. The number of urea groups is 1. The lowest BCUT2D eigenvalue weighted by atomic mass is 9.95. The van der Waals surface area contributed by atoms with Gasteiger partial charge in [0, 0.05) is 45.0 Å². The smallest absolute Gasteiger partial charge is 0.317 e. The van der Waals surface area contributed by atoms with Crippen molar-refractivity contribution < 1.29 is 4.79 Å². The fraction of sp³-hybridized carbons (Fsp3) is 0.500. The summed E-state index contributed by atoms with van der Waals surface area (Å²) in [5, 5.41) is 3.04. The Labute approximate surface area is 150 Å². The molecule has 0 bridgehead atoms. The van der Waals surface area contributed by atoms with Crippen LogP contribution in [0.3, 0.4) is 0 Å². The highest BCUT2D eigenvalue weighted by atomic mass is 16.2. The Morgan fingerprint density at radius 1 is 1.24 bits per heavy atom. The van der Waals surface area contributed by atoms with Crippen molar-refractivity contribution in [3.8, 4) is 0 Å². The highest BCUT2D eigenvalue weighted by molar-refractivity contribution is 5.74. The summed E-state index contributed by atoms with van der Waals surface area (Å²) < 4.78 is 2.15. The van der Waals surface area contributed by atoms with Gasteiger partial charge in [0.05, 0.1) is 0 Å². The number of carbonyl (C=O) groups is 1. The van der Waals surface area contributed by atoms with Gasteiger partial charge in [0.1, 0.15) is 5.82 Å². The van der Waals surface area contributed by atoms with Gasteiger partial charge in [0.2, 0.25) is 0 Å². The zero-order valence-electron chi connectivity index (χ0n) is 15.0. The molecule has 0 spiro atoms. The predicted molar refractivity (Wildman–Crippen MR) is 99.5 cm³/mol. The monoisotopic (exact) mass is 340 g/mol. The van der Waals surface area contributed by atoms with Crippen molar-refractivity contribution in [1.29, 1.82) is 0 Å². The van der Waals surface area contributed by atoms with Gasteiger partial charge in [-0.25, -0.2) is 9.78 Å². The second-order valence-corrected chi connectivity index (χ2v) is 6.84.